The van der Waals surface area contributed by atoms with Crippen molar-refractivity contribution in [2.75, 3.05) is 5.32 Å². The second-order valence-corrected chi connectivity index (χ2v) is 5.44. The number of allylic oxidation sites excluding steroid dienone is 2. The maximum Gasteiger partial charge on any atom is 0.310 e. The number of para-hydroxylation sites is 1. The molecule has 0 unspecified atom stereocenters. The predicted octanol–water partition coefficient (Wildman–Crippen LogP) is 3.57. The predicted molar refractivity (Wildman–Crippen MR) is 82.1 cm³/mol. The molecule has 4 nitrogen and oxygen atoms in total. The molecular weight excluding hydrogens is 290 g/mol. The normalized spacial score (nSPS) is 18.9. The Morgan fingerprint density at radius 2 is 2.10 bits per heavy atom. The molecule has 1 N–H and O–H groups in total. The van der Waals surface area contributed by atoms with E-state index in [2.05, 4.69) is 11.4 Å². The molecule has 112 valence electrons. The van der Waals surface area contributed by atoms with Crippen LogP contribution in [-0.4, -0.2) is 18.0 Å². The van der Waals surface area contributed by atoms with Gasteiger partial charge in [-0.25, -0.2) is 0 Å². The Hall–Kier alpha value is -1.81. The van der Waals surface area contributed by atoms with Crippen LogP contribution in [0.4, 0.5) is 5.69 Å². The number of carbonyl (C=O) groups excluding carboxylic acids is 2. The summed E-state index contributed by atoms with van der Waals surface area (Å²) in [4.78, 5) is 24.0. The van der Waals surface area contributed by atoms with E-state index in [-0.39, 0.29) is 17.8 Å². The minimum atomic E-state index is -0.848. The number of anilines is 1. The zero-order valence-electron chi connectivity index (χ0n) is 11.8. The number of halogens is 1. The number of esters is 1. The largest absolute Gasteiger partial charge is 0.452 e. The molecule has 1 aromatic carbocycles. The summed E-state index contributed by atoms with van der Waals surface area (Å²) in [6, 6.07) is 6.92. The van der Waals surface area contributed by atoms with Crippen molar-refractivity contribution in [2.24, 2.45) is 5.92 Å². The lowest BCUT2D eigenvalue weighted by atomic mass is 9.95. The highest BCUT2D eigenvalue weighted by atomic mass is 35.5. The fourth-order valence-corrected chi connectivity index (χ4v) is 2.31. The van der Waals surface area contributed by atoms with Crippen LogP contribution in [-0.2, 0) is 14.3 Å². The van der Waals surface area contributed by atoms with Crippen LogP contribution < -0.4 is 5.32 Å². The van der Waals surface area contributed by atoms with E-state index in [9.17, 15) is 9.59 Å². The third-order valence-corrected chi connectivity index (χ3v) is 3.73. The molecule has 0 saturated heterocycles. The third kappa shape index (κ3) is 4.33. The number of nitrogens with one attached hydrogen (secondary N) is 1. The molecule has 1 aliphatic carbocycles. The van der Waals surface area contributed by atoms with Gasteiger partial charge in [0.05, 0.1) is 16.6 Å². The van der Waals surface area contributed by atoms with Crippen molar-refractivity contribution in [3.63, 3.8) is 0 Å². The van der Waals surface area contributed by atoms with Crippen molar-refractivity contribution in [2.45, 2.75) is 32.3 Å². The molecule has 1 aromatic rings. The topological polar surface area (TPSA) is 55.4 Å². The quantitative estimate of drug-likeness (QED) is 0.683. The first-order valence-corrected chi connectivity index (χ1v) is 7.36. The molecule has 0 aliphatic heterocycles. The van der Waals surface area contributed by atoms with Crippen molar-refractivity contribution >= 4 is 29.2 Å². The van der Waals surface area contributed by atoms with Crippen LogP contribution in [0.5, 0.6) is 0 Å². The van der Waals surface area contributed by atoms with Crippen molar-refractivity contribution in [3.8, 4) is 0 Å². The van der Waals surface area contributed by atoms with Gasteiger partial charge in [-0.1, -0.05) is 35.9 Å². The molecule has 0 spiro atoms. The van der Waals surface area contributed by atoms with Crippen molar-refractivity contribution in [1.29, 1.82) is 0 Å². The molecule has 21 heavy (non-hydrogen) atoms. The molecule has 0 fully saturated rings. The van der Waals surface area contributed by atoms with Crippen molar-refractivity contribution in [3.05, 3.63) is 41.4 Å². The van der Waals surface area contributed by atoms with Gasteiger partial charge in [0, 0.05) is 0 Å². The zero-order chi connectivity index (χ0) is 15.2. The summed E-state index contributed by atoms with van der Waals surface area (Å²) in [5.41, 5.74) is 0.507. The number of hydrogen-bond acceptors (Lipinski definition) is 3. The maximum atomic E-state index is 12.0. The van der Waals surface area contributed by atoms with Gasteiger partial charge in [-0.3, -0.25) is 9.59 Å². The highest BCUT2D eigenvalue weighted by Crippen LogP contribution is 2.22. The van der Waals surface area contributed by atoms with Gasteiger partial charge in [-0.2, -0.15) is 0 Å². The number of carbonyl (C=O) groups is 2. The van der Waals surface area contributed by atoms with E-state index in [4.69, 9.17) is 16.3 Å². The van der Waals surface area contributed by atoms with E-state index in [1.165, 1.54) is 0 Å². The van der Waals surface area contributed by atoms with Crippen molar-refractivity contribution < 1.29 is 14.3 Å². The highest BCUT2D eigenvalue weighted by Gasteiger charge is 2.25. The fraction of sp³-hybridized carbons (Fsp3) is 0.375. The van der Waals surface area contributed by atoms with Gasteiger partial charge in [0.25, 0.3) is 5.91 Å². The van der Waals surface area contributed by atoms with Gasteiger partial charge >= 0.3 is 5.97 Å². The standard InChI is InChI=1S/C16H18ClNO3/c1-11(21-16(20)12-7-3-2-4-8-12)15(19)18-14-10-6-5-9-13(14)17/h2-3,5-6,9-12H,4,7-8H2,1H3,(H,18,19)/t11-,12+/m0/s1. The zero-order valence-corrected chi connectivity index (χ0v) is 12.6. The summed E-state index contributed by atoms with van der Waals surface area (Å²) in [7, 11) is 0. The lowest BCUT2D eigenvalue weighted by molar-refractivity contribution is -0.157. The molecule has 0 radical (unpaired) electrons. The number of amides is 1. The van der Waals surface area contributed by atoms with E-state index in [1.54, 1.807) is 31.2 Å². The summed E-state index contributed by atoms with van der Waals surface area (Å²) >= 11 is 5.97. The van der Waals surface area contributed by atoms with Crippen LogP contribution in [0.3, 0.4) is 0 Å². The second-order valence-electron chi connectivity index (χ2n) is 5.03. The first-order chi connectivity index (χ1) is 10.1. The Balaban J connectivity index is 1.89. The van der Waals surface area contributed by atoms with Gasteiger partial charge in [0.15, 0.2) is 6.10 Å². The SMILES string of the molecule is C[C@H](OC(=O)[C@@H]1CC=CCC1)C(=O)Nc1ccccc1Cl. The first-order valence-electron chi connectivity index (χ1n) is 6.99. The van der Waals surface area contributed by atoms with Crippen LogP contribution in [0.25, 0.3) is 0 Å². The van der Waals surface area contributed by atoms with Gasteiger partial charge in [0.2, 0.25) is 0 Å². The molecule has 2 atom stereocenters. The molecule has 0 bridgehead atoms. The number of hydrogen-bond donors (Lipinski definition) is 1. The highest BCUT2D eigenvalue weighted by molar-refractivity contribution is 6.33. The molecule has 1 aliphatic rings. The second kappa shape index (κ2) is 7.27. The molecule has 0 aromatic heterocycles. The van der Waals surface area contributed by atoms with E-state index >= 15 is 0 Å². The van der Waals surface area contributed by atoms with Crippen molar-refractivity contribution in [1.82, 2.24) is 0 Å². The number of ether oxygens (including phenoxy) is 1. The molecule has 1 amide bonds. The maximum absolute atomic E-state index is 12.0. The average molecular weight is 308 g/mol. The molecular formula is C16H18ClNO3. The smallest absolute Gasteiger partial charge is 0.310 e. The Labute approximate surface area is 129 Å². The Morgan fingerprint density at radius 3 is 2.76 bits per heavy atom. The van der Waals surface area contributed by atoms with E-state index in [1.807, 2.05) is 6.08 Å². The minimum Gasteiger partial charge on any atom is -0.452 e. The third-order valence-electron chi connectivity index (χ3n) is 3.40. The Kier molecular flexibility index (Phi) is 5.39. The van der Waals surface area contributed by atoms with Crippen LogP contribution in [0.2, 0.25) is 5.02 Å². The Bertz CT molecular complexity index is 556. The van der Waals surface area contributed by atoms with Crippen LogP contribution >= 0.6 is 11.6 Å². The molecule has 0 heterocycles. The van der Waals surface area contributed by atoms with Gasteiger partial charge in [-0.05, 0) is 38.3 Å². The lowest BCUT2D eigenvalue weighted by Crippen LogP contribution is -2.32. The van der Waals surface area contributed by atoms with Gasteiger partial charge in [-0.15, -0.1) is 0 Å². The van der Waals surface area contributed by atoms with Crippen LogP contribution in [0.15, 0.2) is 36.4 Å². The van der Waals surface area contributed by atoms with E-state index in [0.29, 0.717) is 17.1 Å². The number of rotatable bonds is 4. The number of benzene rings is 1. The summed E-state index contributed by atoms with van der Waals surface area (Å²) in [5, 5.41) is 3.10. The van der Waals surface area contributed by atoms with E-state index in [0.717, 1.165) is 12.8 Å². The van der Waals surface area contributed by atoms with E-state index < -0.39 is 6.10 Å². The van der Waals surface area contributed by atoms with Crippen LogP contribution in [0.1, 0.15) is 26.2 Å². The minimum absolute atomic E-state index is 0.148. The van der Waals surface area contributed by atoms with Gasteiger partial charge in [0.1, 0.15) is 0 Å². The van der Waals surface area contributed by atoms with Crippen LogP contribution in [0, 0.1) is 5.92 Å². The summed E-state index contributed by atoms with van der Waals surface area (Å²) in [6.45, 7) is 1.56. The Morgan fingerprint density at radius 1 is 1.33 bits per heavy atom. The fourth-order valence-electron chi connectivity index (χ4n) is 2.13. The molecule has 2 rings (SSSR count). The first kappa shape index (κ1) is 15.6. The van der Waals surface area contributed by atoms with Gasteiger partial charge < -0.3 is 10.1 Å². The molecule has 5 heteroatoms. The summed E-state index contributed by atoms with van der Waals surface area (Å²) in [5.74, 6) is -0.852. The summed E-state index contributed by atoms with van der Waals surface area (Å²) in [6.07, 6.45) is 5.51. The average Bonchev–Trinajstić information content (AvgIpc) is 2.50. The monoisotopic (exact) mass is 307 g/mol. The molecule has 0 saturated carbocycles. The lowest BCUT2D eigenvalue weighted by Gasteiger charge is -2.19. The summed E-state index contributed by atoms with van der Waals surface area (Å²) < 4.78 is 5.24.